The van der Waals surface area contributed by atoms with Crippen molar-refractivity contribution < 1.29 is 4.74 Å². The zero-order valence-corrected chi connectivity index (χ0v) is 10.9. The number of nitrogens with zero attached hydrogens (tertiary/aromatic N) is 3. The van der Waals surface area contributed by atoms with E-state index >= 15 is 0 Å². The number of fused-ring (bicyclic) bond motifs is 1. The fraction of sp³-hybridized carbons (Fsp3) is 0.385. The van der Waals surface area contributed by atoms with Gasteiger partial charge < -0.3 is 15.8 Å². The number of nitrogens with one attached hydrogen (secondary N) is 1. The maximum absolute atomic E-state index is 5.41. The molecule has 0 aliphatic heterocycles. The van der Waals surface area contributed by atoms with E-state index in [2.05, 4.69) is 27.2 Å². The van der Waals surface area contributed by atoms with Gasteiger partial charge in [-0.25, -0.2) is 9.50 Å². The highest BCUT2D eigenvalue weighted by Gasteiger charge is 2.06. The van der Waals surface area contributed by atoms with Gasteiger partial charge in [-0.3, -0.25) is 0 Å². The van der Waals surface area contributed by atoms with E-state index in [0.717, 1.165) is 23.6 Å². The number of nitrogens with two attached hydrogens (primary N) is 1. The molecule has 0 spiro atoms. The molecular formula is C13H17N5O. The summed E-state index contributed by atoms with van der Waals surface area (Å²) in [6.07, 6.45) is 4.10. The van der Waals surface area contributed by atoms with Gasteiger partial charge in [0, 0.05) is 26.6 Å². The first-order valence-electron chi connectivity index (χ1n) is 6.11. The first-order chi connectivity index (χ1) is 9.36. The van der Waals surface area contributed by atoms with Gasteiger partial charge in [0.1, 0.15) is 5.69 Å². The second-order valence-electron chi connectivity index (χ2n) is 3.88. The normalized spacial score (nSPS) is 10.2. The van der Waals surface area contributed by atoms with Crippen molar-refractivity contribution in [1.82, 2.24) is 14.6 Å². The van der Waals surface area contributed by atoms with Crippen LogP contribution in [0.15, 0.2) is 18.5 Å². The first-order valence-corrected chi connectivity index (χ1v) is 6.11. The number of methoxy groups -OCH3 is 1. The molecule has 0 aliphatic carbocycles. The molecule has 0 amide bonds. The van der Waals surface area contributed by atoms with Gasteiger partial charge in [-0.1, -0.05) is 5.92 Å². The van der Waals surface area contributed by atoms with Crippen molar-refractivity contribution in [3.63, 3.8) is 0 Å². The predicted molar refractivity (Wildman–Crippen MR) is 73.9 cm³/mol. The molecule has 19 heavy (non-hydrogen) atoms. The average Bonchev–Trinajstić information content (AvgIpc) is 2.84. The molecule has 0 bridgehead atoms. The van der Waals surface area contributed by atoms with Gasteiger partial charge in [0.05, 0.1) is 24.7 Å². The third kappa shape index (κ3) is 3.22. The maximum Gasteiger partial charge on any atom is 0.178 e. The summed E-state index contributed by atoms with van der Waals surface area (Å²) in [5.74, 6) is 6.00. The van der Waals surface area contributed by atoms with Crippen molar-refractivity contribution >= 4 is 11.3 Å². The highest BCUT2D eigenvalue weighted by atomic mass is 16.5. The summed E-state index contributed by atoms with van der Waals surface area (Å²) < 4.78 is 6.73. The number of anilines is 1. The van der Waals surface area contributed by atoms with Crippen molar-refractivity contribution in [2.24, 2.45) is 5.73 Å². The van der Waals surface area contributed by atoms with Gasteiger partial charge in [-0.15, -0.1) is 0 Å². The summed E-state index contributed by atoms with van der Waals surface area (Å²) in [5.41, 5.74) is 7.85. The van der Waals surface area contributed by atoms with Crippen LogP contribution in [0.5, 0.6) is 0 Å². The molecular weight excluding hydrogens is 242 g/mol. The highest BCUT2D eigenvalue weighted by molar-refractivity contribution is 5.67. The van der Waals surface area contributed by atoms with Crippen LogP contribution in [0.1, 0.15) is 12.1 Å². The van der Waals surface area contributed by atoms with Crippen LogP contribution in [0, 0.1) is 11.8 Å². The molecule has 3 N–H and O–H groups in total. The minimum Gasteiger partial charge on any atom is -0.383 e. The lowest BCUT2D eigenvalue weighted by Gasteiger charge is -2.06. The number of imidazole rings is 1. The zero-order chi connectivity index (χ0) is 13.5. The lowest BCUT2D eigenvalue weighted by molar-refractivity contribution is 0.211. The Morgan fingerprint density at radius 3 is 3.21 bits per heavy atom. The summed E-state index contributed by atoms with van der Waals surface area (Å²) in [5, 5.41) is 7.51. The molecule has 6 heteroatoms. The van der Waals surface area contributed by atoms with Gasteiger partial charge in [-0.05, 0) is 12.0 Å². The molecule has 0 saturated heterocycles. The Morgan fingerprint density at radius 1 is 1.53 bits per heavy atom. The molecule has 0 aromatic carbocycles. The van der Waals surface area contributed by atoms with Crippen LogP contribution in [0.25, 0.3) is 5.65 Å². The highest BCUT2D eigenvalue weighted by Crippen LogP contribution is 2.14. The van der Waals surface area contributed by atoms with Gasteiger partial charge in [-0.2, -0.15) is 5.10 Å². The summed E-state index contributed by atoms with van der Waals surface area (Å²) >= 11 is 0. The van der Waals surface area contributed by atoms with Gasteiger partial charge in [0.2, 0.25) is 0 Å². The Hall–Kier alpha value is -2.10. The lowest BCUT2D eigenvalue weighted by Crippen LogP contribution is -2.09. The quantitative estimate of drug-likeness (QED) is 0.603. The van der Waals surface area contributed by atoms with Gasteiger partial charge in [0.15, 0.2) is 5.65 Å². The van der Waals surface area contributed by atoms with E-state index in [-0.39, 0.29) is 0 Å². The Bertz CT molecular complexity index is 596. The van der Waals surface area contributed by atoms with Crippen LogP contribution in [-0.4, -0.2) is 41.4 Å². The van der Waals surface area contributed by atoms with Crippen LogP contribution in [0.3, 0.4) is 0 Å². The molecule has 0 radical (unpaired) electrons. The molecule has 6 nitrogen and oxygen atoms in total. The van der Waals surface area contributed by atoms with E-state index in [0.29, 0.717) is 19.6 Å². The predicted octanol–water partition coefficient (Wildman–Crippen LogP) is 0.488. The molecule has 0 saturated carbocycles. The monoisotopic (exact) mass is 259 g/mol. The van der Waals surface area contributed by atoms with Crippen LogP contribution < -0.4 is 11.1 Å². The molecule has 0 fully saturated rings. The molecule has 2 aromatic rings. The van der Waals surface area contributed by atoms with Crippen molar-refractivity contribution in [3.8, 4) is 11.8 Å². The Balaban J connectivity index is 2.24. The van der Waals surface area contributed by atoms with Gasteiger partial charge >= 0.3 is 0 Å². The molecule has 0 atom stereocenters. The summed E-state index contributed by atoms with van der Waals surface area (Å²) in [6, 6.07) is 1.88. The zero-order valence-electron chi connectivity index (χ0n) is 10.9. The van der Waals surface area contributed by atoms with E-state index in [9.17, 15) is 0 Å². The molecule has 2 aromatic heterocycles. The van der Waals surface area contributed by atoms with Crippen LogP contribution in [0.4, 0.5) is 5.69 Å². The Morgan fingerprint density at radius 2 is 2.42 bits per heavy atom. The van der Waals surface area contributed by atoms with E-state index in [1.807, 2.05) is 6.07 Å². The Kier molecular flexibility index (Phi) is 4.72. The number of ether oxygens (including phenoxy) is 1. The minimum absolute atomic E-state index is 0.557. The number of hydrogen-bond acceptors (Lipinski definition) is 5. The van der Waals surface area contributed by atoms with Gasteiger partial charge in [0.25, 0.3) is 0 Å². The molecule has 0 unspecified atom stereocenters. The van der Waals surface area contributed by atoms with Crippen molar-refractivity contribution in [2.45, 2.75) is 6.42 Å². The number of aromatic nitrogens is 3. The fourth-order valence-electron chi connectivity index (χ4n) is 1.63. The smallest absolute Gasteiger partial charge is 0.178 e. The lowest BCUT2D eigenvalue weighted by atomic mass is 10.4. The summed E-state index contributed by atoms with van der Waals surface area (Å²) in [4.78, 5) is 4.34. The fourth-order valence-corrected chi connectivity index (χ4v) is 1.63. The van der Waals surface area contributed by atoms with E-state index in [4.69, 9.17) is 10.5 Å². The van der Waals surface area contributed by atoms with E-state index in [1.54, 1.807) is 24.0 Å². The van der Waals surface area contributed by atoms with Crippen molar-refractivity contribution in [1.29, 1.82) is 0 Å². The third-order valence-electron chi connectivity index (χ3n) is 2.51. The first kappa shape index (κ1) is 13.3. The number of hydrogen-bond donors (Lipinski definition) is 2. The largest absolute Gasteiger partial charge is 0.383 e. The Labute approximate surface area is 112 Å². The van der Waals surface area contributed by atoms with E-state index < -0.39 is 0 Å². The van der Waals surface area contributed by atoms with Crippen LogP contribution >= 0.6 is 0 Å². The number of rotatable bonds is 5. The third-order valence-corrected chi connectivity index (χ3v) is 2.51. The van der Waals surface area contributed by atoms with Crippen LogP contribution in [-0.2, 0) is 4.74 Å². The molecule has 100 valence electrons. The molecule has 2 heterocycles. The van der Waals surface area contributed by atoms with Crippen molar-refractivity contribution in [2.75, 3.05) is 32.1 Å². The molecule has 2 rings (SSSR count). The maximum atomic E-state index is 5.41. The average molecular weight is 259 g/mol. The topological polar surface area (TPSA) is 77.5 Å². The second kappa shape index (κ2) is 6.73. The standard InChI is InChI=1S/C13H17N5O/c1-19-9-8-15-12-5-7-17-18-11(4-2-3-6-14)10-16-13(12)18/h5,7,10,15H,3,6,8-9,14H2,1H3. The van der Waals surface area contributed by atoms with E-state index in [1.165, 1.54) is 0 Å². The SMILES string of the molecule is COCCNc1ccnn2c(C#CCCN)cnc12. The van der Waals surface area contributed by atoms with Crippen LogP contribution in [0.2, 0.25) is 0 Å². The second-order valence-corrected chi connectivity index (χ2v) is 3.88. The minimum atomic E-state index is 0.557. The van der Waals surface area contributed by atoms with Crippen molar-refractivity contribution in [3.05, 3.63) is 24.2 Å². The summed E-state index contributed by atoms with van der Waals surface area (Å²) in [7, 11) is 1.67. The molecule has 0 aliphatic rings. The summed E-state index contributed by atoms with van der Waals surface area (Å²) in [6.45, 7) is 1.91.